The highest BCUT2D eigenvalue weighted by atomic mass is 19.4. The Kier molecular flexibility index (Phi) is 10.6. The van der Waals surface area contributed by atoms with E-state index in [1.807, 2.05) is 13.8 Å². The van der Waals surface area contributed by atoms with Crippen LogP contribution in [0, 0.1) is 11.7 Å². The quantitative estimate of drug-likeness (QED) is 0.163. The van der Waals surface area contributed by atoms with Gasteiger partial charge >= 0.3 is 6.18 Å². The Balaban J connectivity index is 1.52. The molecule has 0 bridgehead atoms. The molecule has 1 fully saturated rings. The van der Waals surface area contributed by atoms with Crippen molar-refractivity contribution >= 4 is 16.9 Å². The fourth-order valence-corrected chi connectivity index (χ4v) is 5.77. The summed E-state index contributed by atoms with van der Waals surface area (Å²) in [4.78, 5) is 38.5. The number of amides is 1. The van der Waals surface area contributed by atoms with Crippen LogP contribution in [0.4, 0.5) is 17.6 Å². The van der Waals surface area contributed by atoms with Crippen LogP contribution in [0.5, 0.6) is 5.75 Å². The summed E-state index contributed by atoms with van der Waals surface area (Å²) in [5.41, 5.74) is -1.09. The van der Waals surface area contributed by atoms with E-state index in [0.717, 1.165) is 12.6 Å². The Hall–Kier alpha value is -4.32. The highest BCUT2D eigenvalue weighted by molar-refractivity contribution is 5.79. The summed E-state index contributed by atoms with van der Waals surface area (Å²) < 4.78 is 61.5. The van der Waals surface area contributed by atoms with Gasteiger partial charge in [-0.2, -0.15) is 13.2 Å². The zero-order valence-corrected chi connectivity index (χ0v) is 26.7. The van der Waals surface area contributed by atoms with E-state index in [2.05, 4.69) is 10.3 Å². The highest BCUT2D eigenvalue weighted by Gasteiger charge is 2.35. The molecule has 0 spiro atoms. The molecule has 1 amide bonds. The van der Waals surface area contributed by atoms with Gasteiger partial charge in [-0.25, -0.2) is 14.4 Å². The first kappa shape index (κ1) is 34.0. The van der Waals surface area contributed by atoms with Crippen molar-refractivity contribution in [2.75, 3.05) is 19.7 Å². The van der Waals surface area contributed by atoms with E-state index in [-0.39, 0.29) is 40.6 Å². The zero-order chi connectivity index (χ0) is 33.7. The number of halogens is 4. The van der Waals surface area contributed by atoms with Gasteiger partial charge in [0.15, 0.2) is 5.65 Å². The van der Waals surface area contributed by atoms with E-state index in [1.165, 1.54) is 41.0 Å². The van der Waals surface area contributed by atoms with Crippen molar-refractivity contribution in [1.82, 2.24) is 24.8 Å². The van der Waals surface area contributed by atoms with Gasteiger partial charge in [-0.15, -0.1) is 0 Å². The minimum Gasteiger partial charge on any atom is -0.494 e. The summed E-state index contributed by atoms with van der Waals surface area (Å²) in [5.74, 6) is -0.404. The smallest absolute Gasteiger partial charge is 0.419 e. The van der Waals surface area contributed by atoms with Crippen LogP contribution >= 0.6 is 0 Å². The number of nitrogens with one attached hydrogen (secondary N) is 1. The van der Waals surface area contributed by atoms with E-state index < -0.39 is 35.9 Å². The van der Waals surface area contributed by atoms with Crippen molar-refractivity contribution in [1.29, 1.82) is 0 Å². The summed E-state index contributed by atoms with van der Waals surface area (Å²) >= 11 is 0. The van der Waals surface area contributed by atoms with E-state index in [0.29, 0.717) is 36.4 Å². The highest BCUT2D eigenvalue weighted by Crippen LogP contribution is 2.32. The number of ether oxygens (including phenoxy) is 1. The second-order valence-electron chi connectivity index (χ2n) is 12.1. The maximum absolute atomic E-state index is 14.0. The summed E-state index contributed by atoms with van der Waals surface area (Å²) in [6.45, 7) is 7.19. The first-order valence-electron chi connectivity index (χ1n) is 16.0. The predicted octanol–water partition coefficient (Wildman–Crippen LogP) is 6.64. The second kappa shape index (κ2) is 14.6. The fourth-order valence-electron chi connectivity index (χ4n) is 5.77. The molecule has 1 N–H and O–H groups in total. The lowest BCUT2D eigenvalue weighted by Crippen LogP contribution is -2.41. The molecule has 1 aliphatic carbocycles. The van der Waals surface area contributed by atoms with Gasteiger partial charge in [0.1, 0.15) is 17.4 Å². The maximum atomic E-state index is 14.0. The molecule has 2 unspecified atom stereocenters. The number of pyridine rings is 1. The molecular weight excluding hydrogens is 614 g/mol. The number of benzene rings is 2. The minimum absolute atomic E-state index is 0.0223. The molecule has 1 aliphatic rings. The van der Waals surface area contributed by atoms with Crippen LogP contribution in [0.2, 0.25) is 0 Å². The average molecular weight is 654 g/mol. The van der Waals surface area contributed by atoms with Crippen LogP contribution < -0.4 is 15.6 Å². The van der Waals surface area contributed by atoms with Crippen molar-refractivity contribution in [3.05, 3.63) is 93.9 Å². The number of carbonyl (C=O) groups excluding carboxylic acids is 1. The standard InChI is InChI=1S/C35H39F4N5O3/c1-4-47-27-13-11-26(12-14-27)44-33(42-32-28(34(44)46)9-6-17-40-32)23(3)43(18-16-22(2)41-21-24-7-5-8-24)31(45)20-25-10-15-30(36)29(19-25)35(37,38)39/h6,9-15,17,19,22-24,41H,4-5,7-8,16,18,20-21H2,1-3H3. The van der Waals surface area contributed by atoms with Crippen molar-refractivity contribution < 1.29 is 27.1 Å². The molecule has 47 heavy (non-hydrogen) atoms. The van der Waals surface area contributed by atoms with Crippen LogP contribution in [0.3, 0.4) is 0 Å². The zero-order valence-electron chi connectivity index (χ0n) is 26.7. The Morgan fingerprint density at radius 3 is 2.53 bits per heavy atom. The minimum atomic E-state index is -4.91. The molecule has 0 radical (unpaired) electrons. The molecule has 2 atom stereocenters. The molecule has 2 aromatic heterocycles. The summed E-state index contributed by atoms with van der Waals surface area (Å²) in [5, 5.41) is 3.81. The normalized spacial score (nSPS) is 14.9. The number of hydrogen-bond donors (Lipinski definition) is 1. The summed E-state index contributed by atoms with van der Waals surface area (Å²) in [6.07, 6.45) is 0.343. The van der Waals surface area contributed by atoms with Crippen molar-refractivity contribution in [3.8, 4) is 11.4 Å². The SMILES string of the molecule is CCOc1ccc(-n2c(C(C)N(CCC(C)NCC3CCC3)C(=O)Cc3ccc(F)c(C(F)(F)F)c3)nc3ncccc3c2=O)cc1. The van der Waals surface area contributed by atoms with Gasteiger partial charge in [-0.3, -0.25) is 14.2 Å². The molecule has 4 aromatic rings. The van der Waals surface area contributed by atoms with Gasteiger partial charge in [0.25, 0.3) is 5.56 Å². The number of carbonyl (C=O) groups is 1. The summed E-state index contributed by atoms with van der Waals surface area (Å²) in [6, 6.07) is 12.0. The number of rotatable bonds is 13. The van der Waals surface area contributed by atoms with Gasteiger partial charge in [0.05, 0.1) is 35.7 Å². The average Bonchev–Trinajstić information content (AvgIpc) is 3.01. The molecule has 5 rings (SSSR count). The number of hydrogen-bond acceptors (Lipinski definition) is 6. The van der Waals surface area contributed by atoms with E-state index >= 15 is 0 Å². The largest absolute Gasteiger partial charge is 0.494 e. The van der Waals surface area contributed by atoms with E-state index in [9.17, 15) is 27.2 Å². The van der Waals surface area contributed by atoms with Crippen LogP contribution in [0.1, 0.15) is 69.4 Å². The Labute approximate surface area is 270 Å². The topological polar surface area (TPSA) is 89.3 Å². The van der Waals surface area contributed by atoms with Gasteiger partial charge in [0.2, 0.25) is 5.91 Å². The maximum Gasteiger partial charge on any atom is 0.419 e. The number of alkyl halides is 3. The first-order valence-corrected chi connectivity index (χ1v) is 16.0. The van der Waals surface area contributed by atoms with Crippen LogP contribution in [-0.2, 0) is 17.4 Å². The molecule has 8 nitrogen and oxygen atoms in total. The third kappa shape index (κ3) is 7.98. The van der Waals surface area contributed by atoms with Gasteiger partial charge in [0, 0.05) is 18.8 Å². The Morgan fingerprint density at radius 1 is 1.13 bits per heavy atom. The fraction of sp³-hybridized carbons (Fsp3) is 0.429. The van der Waals surface area contributed by atoms with E-state index in [1.54, 1.807) is 43.3 Å². The van der Waals surface area contributed by atoms with Crippen LogP contribution in [0.15, 0.2) is 65.6 Å². The number of fused-ring (bicyclic) bond motifs is 1. The Morgan fingerprint density at radius 2 is 1.87 bits per heavy atom. The number of aromatic nitrogens is 3. The predicted molar refractivity (Wildman–Crippen MR) is 171 cm³/mol. The number of nitrogens with zero attached hydrogens (tertiary/aromatic N) is 4. The van der Waals surface area contributed by atoms with Crippen molar-refractivity contribution in [2.24, 2.45) is 5.92 Å². The third-order valence-corrected chi connectivity index (χ3v) is 8.71. The first-order chi connectivity index (χ1) is 22.5. The molecule has 12 heteroatoms. The van der Waals surface area contributed by atoms with Gasteiger partial charge in [-0.05, 0) is 107 Å². The molecule has 2 heterocycles. The lowest BCUT2D eigenvalue weighted by Gasteiger charge is -2.32. The molecule has 1 saturated carbocycles. The molecule has 2 aromatic carbocycles. The third-order valence-electron chi connectivity index (χ3n) is 8.71. The summed E-state index contributed by atoms with van der Waals surface area (Å²) in [7, 11) is 0. The lowest BCUT2D eigenvalue weighted by molar-refractivity contribution is -0.140. The lowest BCUT2D eigenvalue weighted by atomic mass is 9.85. The van der Waals surface area contributed by atoms with E-state index in [4.69, 9.17) is 9.72 Å². The molecule has 250 valence electrons. The molecular formula is C35H39F4N5O3. The molecule has 0 saturated heterocycles. The second-order valence-corrected chi connectivity index (χ2v) is 12.1. The van der Waals surface area contributed by atoms with Gasteiger partial charge < -0.3 is 15.0 Å². The monoisotopic (exact) mass is 653 g/mol. The van der Waals surface area contributed by atoms with Crippen molar-refractivity contribution in [2.45, 2.75) is 71.1 Å². The molecule has 0 aliphatic heterocycles. The van der Waals surface area contributed by atoms with Crippen molar-refractivity contribution in [3.63, 3.8) is 0 Å². The Bertz CT molecular complexity index is 1760. The van der Waals surface area contributed by atoms with Crippen LogP contribution in [-0.4, -0.2) is 51.1 Å². The van der Waals surface area contributed by atoms with Crippen LogP contribution in [0.25, 0.3) is 16.7 Å². The van der Waals surface area contributed by atoms with Gasteiger partial charge in [-0.1, -0.05) is 12.5 Å².